The minimum atomic E-state index is -3.63. The predicted octanol–water partition coefficient (Wildman–Crippen LogP) is 1.25. The van der Waals surface area contributed by atoms with E-state index in [4.69, 9.17) is 0 Å². The van der Waals surface area contributed by atoms with Gasteiger partial charge in [0.1, 0.15) is 13.1 Å². The number of rotatable bonds is 6. The summed E-state index contributed by atoms with van der Waals surface area (Å²) in [6, 6.07) is 0. The third-order valence-electron chi connectivity index (χ3n) is 1.27. The van der Waals surface area contributed by atoms with Gasteiger partial charge in [0.2, 0.25) is 0 Å². The molecule has 0 saturated carbocycles. The van der Waals surface area contributed by atoms with Crippen molar-refractivity contribution < 1.29 is 14.0 Å². The van der Waals surface area contributed by atoms with E-state index < -0.39 is 7.75 Å². The van der Waals surface area contributed by atoms with Crippen LogP contribution in [0.4, 0.5) is 0 Å². The van der Waals surface area contributed by atoms with Crippen LogP contribution in [0.2, 0.25) is 0 Å². The van der Waals surface area contributed by atoms with Gasteiger partial charge in [-0.25, -0.2) is 0 Å². The van der Waals surface area contributed by atoms with Gasteiger partial charge in [-0.3, -0.25) is 9.42 Å². The van der Waals surface area contributed by atoms with Gasteiger partial charge < -0.3 is 0 Å². The van der Waals surface area contributed by atoms with E-state index >= 15 is 0 Å². The van der Waals surface area contributed by atoms with Crippen LogP contribution in [0.15, 0.2) is 25.3 Å². The highest BCUT2D eigenvalue weighted by Crippen LogP contribution is 2.42. The van der Waals surface area contributed by atoms with Crippen molar-refractivity contribution >= 4 is 7.75 Å². The van der Waals surface area contributed by atoms with E-state index in [2.05, 4.69) is 17.7 Å². The van der Waals surface area contributed by atoms with Crippen LogP contribution in [0.1, 0.15) is 0 Å². The van der Waals surface area contributed by atoms with Crippen molar-refractivity contribution in [3.05, 3.63) is 25.3 Å². The fourth-order valence-corrected chi connectivity index (χ4v) is 1.57. The monoisotopic (exact) mass is 191 g/mol. The summed E-state index contributed by atoms with van der Waals surface area (Å²) in [5.74, 6) is 0. The molecule has 0 bridgehead atoms. The van der Waals surface area contributed by atoms with Gasteiger partial charge in [0.05, 0.1) is 7.11 Å². The molecule has 4 nitrogen and oxygen atoms in total. The second-order valence-electron chi connectivity index (χ2n) is 2.12. The number of hydrogen-bond donors (Lipinski definition) is 1. The van der Waals surface area contributed by atoms with Crippen LogP contribution in [-0.4, -0.2) is 25.1 Å². The quantitative estimate of drug-likeness (QED) is 0.507. The van der Waals surface area contributed by atoms with E-state index in [1.165, 1.54) is 23.9 Å². The van der Waals surface area contributed by atoms with Gasteiger partial charge in [0.15, 0.2) is 0 Å². The first-order valence-corrected chi connectivity index (χ1v) is 4.97. The molecule has 0 spiro atoms. The lowest BCUT2D eigenvalue weighted by atomic mass is 10.5. The maximum absolute atomic E-state index is 11.2. The lowest BCUT2D eigenvalue weighted by Gasteiger charge is -2.11. The second kappa shape index (κ2) is 5.27. The van der Waals surface area contributed by atoms with Crippen molar-refractivity contribution in [1.82, 2.24) is 4.67 Å². The topological polar surface area (TPSA) is 52.4 Å². The first-order valence-electron chi connectivity index (χ1n) is 3.44. The summed E-state index contributed by atoms with van der Waals surface area (Å²) in [4.78, 5) is 9.21. The van der Waals surface area contributed by atoms with E-state index in [0.717, 1.165) is 0 Å². The van der Waals surface area contributed by atoms with Crippen molar-refractivity contribution in [2.24, 2.45) is 0 Å². The Morgan fingerprint density at radius 2 is 1.92 bits per heavy atom. The summed E-state index contributed by atoms with van der Waals surface area (Å²) in [5, 5.41) is 0. The summed E-state index contributed by atoms with van der Waals surface area (Å²) < 4.78 is 16.9. The van der Waals surface area contributed by atoms with Crippen molar-refractivity contribution in [3.63, 3.8) is 0 Å². The first kappa shape index (κ1) is 11.6. The molecule has 0 aliphatic heterocycles. The molecule has 5 heteroatoms. The van der Waals surface area contributed by atoms with E-state index in [0.29, 0.717) is 13.1 Å². The second-order valence-corrected chi connectivity index (χ2v) is 4.03. The van der Waals surface area contributed by atoms with Crippen LogP contribution in [0, 0.1) is 0 Å². The molecular formula is C7H14NO3P+. The summed E-state index contributed by atoms with van der Waals surface area (Å²) in [7, 11) is -2.43. The molecule has 0 heterocycles. The highest BCUT2D eigenvalue weighted by atomic mass is 31.2. The van der Waals surface area contributed by atoms with Crippen molar-refractivity contribution in [2.45, 2.75) is 0 Å². The number of nitrogens with zero attached hydrogens (tertiary/aromatic N) is 1. The Morgan fingerprint density at radius 3 is 2.17 bits per heavy atom. The third kappa shape index (κ3) is 3.32. The molecule has 0 rings (SSSR count). The zero-order valence-electron chi connectivity index (χ0n) is 7.14. The Labute approximate surface area is 72.7 Å². The molecule has 0 aromatic carbocycles. The maximum Gasteiger partial charge on any atom is 0.576 e. The summed E-state index contributed by atoms with van der Waals surface area (Å²) in [6.07, 6.45) is 3.07. The zero-order valence-corrected chi connectivity index (χ0v) is 8.04. The van der Waals surface area contributed by atoms with Gasteiger partial charge in [0, 0.05) is 0 Å². The molecule has 0 aromatic heterocycles. The third-order valence-corrected chi connectivity index (χ3v) is 2.79. The lowest BCUT2D eigenvalue weighted by molar-refractivity contribution is 0.281. The summed E-state index contributed by atoms with van der Waals surface area (Å²) in [6.45, 7) is 7.53. The average Bonchev–Trinajstić information content (AvgIpc) is 2.04. The number of hydrogen-bond acceptors (Lipinski definition) is 2. The molecule has 0 fully saturated rings. The molecule has 0 aliphatic carbocycles. The van der Waals surface area contributed by atoms with Gasteiger partial charge in [-0.05, 0) is 12.2 Å². The molecule has 69 valence electrons. The van der Waals surface area contributed by atoms with Crippen LogP contribution in [0.5, 0.6) is 0 Å². The Kier molecular flexibility index (Phi) is 5.09. The van der Waals surface area contributed by atoms with Crippen molar-refractivity contribution in [3.8, 4) is 0 Å². The fourth-order valence-electron chi connectivity index (χ4n) is 0.694. The van der Waals surface area contributed by atoms with Gasteiger partial charge in [0.25, 0.3) is 0 Å². The standard InChI is InChI=1S/C7H14NO3P/c1-4-6-8(7-5-2)12(9,10)11-3/h4-5H,1-2,6-7H2,3H3,(H,9,10)/q+1. The van der Waals surface area contributed by atoms with Gasteiger partial charge in [-0.15, -0.1) is 0 Å². The average molecular weight is 191 g/mol. The summed E-state index contributed by atoms with van der Waals surface area (Å²) in [5.41, 5.74) is 0. The highest BCUT2D eigenvalue weighted by molar-refractivity contribution is 7.51. The van der Waals surface area contributed by atoms with Gasteiger partial charge in [-0.1, -0.05) is 17.8 Å². The minimum Gasteiger partial charge on any atom is -0.275 e. The van der Waals surface area contributed by atoms with E-state index in [1.807, 2.05) is 0 Å². The fraction of sp³-hybridized carbons (Fsp3) is 0.429. The van der Waals surface area contributed by atoms with Crippen LogP contribution in [-0.2, 0) is 9.09 Å². The van der Waals surface area contributed by atoms with Crippen LogP contribution < -0.4 is 4.67 Å². The molecule has 0 aliphatic rings. The highest BCUT2D eigenvalue weighted by Gasteiger charge is 2.37. The molecule has 1 N–H and O–H groups in total. The van der Waals surface area contributed by atoms with Crippen molar-refractivity contribution in [1.29, 1.82) is 0 Å². The minimum absolute atomic E-state index is 0.299. The molecule has 12 heavy (non-hydrogen) atoms. The molecule has 1 radical (unpaired) electrons. The summed E-state index contributed by atoms with van der Waals surface area (Å²) >= 11 is 0. The van der Waals surface area contributed by atoms with Crippen molar-refractivity contribution in [2.75, 3.05) is 20.2 Å². The normalized spacial score (nSPS) is 15.6. The molecule has 1 unspecified atom stereocenters. The Balaban J connectivity index is 4.36. The van der Waals surface area contributed by atoms with Gasteiger partial charge in [-0.2, -0.15) is 4.57 Å². The molecular weight excluding hydrogens is 177 g/mol. The Hall–Kier alpha value is -0.410. The molecule has 0 saturated heterocycles. The maximum atomic E-state index is 11.2. The Morgan fingerprint density at radius 1 is 1.50 bits per heavy atom. The largest absolute Gasteiger partial charge is 0.576 e. The zero-order chi connectivity index (χ0) is 9.61. The predicted molar refractivity (Wildman–Crippen MR) is 49.1 cm³/mol. The smallest absolute Gasteiger partial charge is 0.275 e. The van der Waals surface area contributed by atoms with Crippen LogP contribution in [0.3, 0.4) is 0 Å². The molecule has 0 amide bonds. The van der Waals surface area contributed by atoms with Crippen LogP contribution in [0.25, 0.3) is 0 Å². The SMILES string of the molecule is C=CC[N+](CC=C)P(=O)(O)OC. The van der Waals surface area contributed by atoms with E-state index in [-0.39, 0.29) is 0 Å². The Bertz CT molecular complexity index is 195. The molecule has 1 atom stereocenters. The van der Waals surface area contributed by atoms with E-state index in [1.54, 1.807) is 0 Å². The first-order chi connectivity index (χ1) is 5.58. The van der Waals surface area contributed by atoms with Gasteiger partial charge >= 0.3 is 7.75 Å². The molecule has 0 aromatic rings. The lowest BCUT2D eigenvalue weighted by Crippen LogP contribution is -2.27. The van der Waals surface area contributed by atoms with Crippen LogP contribution >= 0.6 is 7.75 Å². The van der Waals surface area contributed by atoms with E-state index in [9.17, 15) is 9.46 Å².